The van der Waals surface area contributed by atoms with Gasteiger partial charge in [-0.15, -0.1) is 11.3 Å². The van der Waals surface area contributed by atoms with Crippen LogP contribution < -0.4 is 5.32 Å². The molecule has 0 aliphatic rings. The highest BCUT2D eigenvalue weighted by Gasteiger charge is 1.99. The van der Waals surface area contributed by atoms with Crippen LogP contribution >= 0.6 is 11.3 Å². The molecule has 3 heteroatoms. The van der Waals surface area contributed by atoms with Crippen LogP contribution in [-0.2, 0) is 20.0 Å². The molecule has 86 valence electrons. The number of aryl methyl sites for hydroxylation is 2. The monoisotopic (exact) mass is 234 g/mol. The molecule has 2 nitrogen and oxygen atoms in total. The predicted molar refractivity (Wildman–Crippen MR) is 69.9 cm³/mol. The van der Waals surface area contributed by atoms with Crippen LogP contribution in [0, 0.1) is 6.92 Å². The van der Waals surface area contributed by atoms with Crippen molar-refractivity contribution >= 4 is 11.3 Å². The van der Waals surface area contributed by atoms with E-state index >= 15 is 0 Å². The summed E-state index contributed by atoms with van der Waals surface area (Å²) in [7, 11) is 2.05. The van der Waals surface area contributed by atoms with E-state index in [0.717, 1.165) is 19.5 Å². The fourth-order valence-corrected chi connectivity index (χ4v) is 2.67. The summed E-state index contributed by atoms with van der Waals surface area (Å²) in [5, 5.41) is 5.64. The Morgan fingerprint density at radius 3 is 2.88 bits per heavy atom. The van der Waals surface area contributed by atoms with Crippen LogP contribution in [0.3, 0.4) is 0 Å². The standard InChI is InChI=1S/C13H18N2S/c1-11-5-8-16-13(11)3-6-14-9-12-4-7-15(2)10-12/h4-5,7-8,10,14H,3,6,9H2,1-2H3. The molecule has 16 heavy (non-hydrogen) atoms. The van der Waals surface area contributed by atoms with Gasteiger partial charge in [-0.2, -0.15) is 0 Å². The molecule has 2 aromatic heterocycles. The van der Waals surface area contributed by atoms with Crippen molar-refractivity contribution in [1.82, 2.24) is 9.88 Å². The highest BCUT2D eigenvalue weighted by atomic mass is 32.1. The topological polar surface area (TPSA) is 17.0 Å². The molecule has 0 atom stereocenters. The zero-order chi connectivity index (χ0) is 11.4. The summed E-state index contributed by atoms with van der Waals surface area (Å²) in [6, 6.07) is 4.35. The summed E-state index contributed by atoms with van der Waals surface area (Å²) < 4.78 is 2.08. The highest BCUT2D eigenvalue weighted by molar-refractivity contribution is 7.10. The maximum absolute atomic E-state index is 3.47. The zero-order valence-electron chi connectivity index (χ0n) is 9.86. The third-order valence-electron chi connectivity index (χ3n) is 2.72. The van der Waals surface area contributed by atoms with Crippen LogP contribution in [0.2, 0.25) is 0 Å². The van der Waals surface area contributed by atoms with Crippen LogP contribution in [0.1, 0.15) is 16.0 Å². The van der Waals surface area contributed by atoms with Gasteiger partial charge in [-0.1, -0.05) is 0 Å². The Labute approximate surface area is 101 Å². The lowest BCUT2D eigenvalue weighted by Gasteiger charge is -2.02. The fourth-order valence-electron chi connectivity index (χ4n) is 1.76. The molecule has 0 saturated carbocycles. The normalized spacial score (nSPS) is 10.9. The first-order valence-corrected chi connectivity index (χ1v) is 6.48. The smallest absolute Gasteiger partial charge is 0.0220 e. The second-order valence-corrected chi connectivity index (χ2v) is 5.14. The van der Waals surface area contributed by atoms with Crippen molar-refractivity contribution in [2.24, 2.45) is 7.05 Å². The molecular formula is C13H18N2S. The van der Waals surface area contributed by atoms with E-state index in [1.54, 1.807) is 0 Å². The minimum Gasteiger partial charge on any atom is -0.357 e. The second-order valence-electron chi connectivity index (χ2n) is 4.14. The molecule has 0 radical (unpaired) electrons. The predicted octanol–water partition coefficient (Wildman–Crippen LogP) is 2.73. The Morgan fingerprint density at radius 1 is 1.38 bits per heavy atom. The van der Waals surface area contributed by atoms with Gasteiger partial charge in [0.1, 0.15) is 0 Å². The van der Waals surface area contributed by atoms with Crippen molar-refractivity contribution in [3.63, 3.8) is 0 Å². The van der Waals surface area contributed by atoms with Gasteiger partial charge in [0.05, 0.1) is 0 Å². The molecule has 0 fully saturated rings. The fraction of sp³-hybridized carbons (Fsp3) is 0.385. The number of hydrogen-bond donors (Lipinski definition) is 1. The Hall–Kier alpha value is -1.06. The number of thiophene rings is 1. The van der Waals surface area contributed by atoms with E-state index in [4.69, 9.17) is 0 Å². The third-order valence-corrected chi connectivity index (χ3v) is 3.80. The van der Waals surface area contributed by atoms with Crippen molar-refractivity contribution in [3.05, 3.63) is 45.9 Å². The van der Waals surface area contributed by atoms with E-state index < -0.39 is 0 Å². The minimum absolute atomic E-state index is 0.964. The van der Waals surface area contributed by atoms with Crippen molar-refractivity contribution < 1.29 is 0 Å². The molecule has 2 heterocycles. The third kappa shape index (κ3) is 2.97. The molecule has 0 saturated heterocycles. The van der Waals surface area contributed by atoms with Gasteiger partial charge in [0.25, 0.3) is 0 Å². The maximum atomic E-state index is 3.47. The lowest BCUT2D eigenvalue weighted by atomic mass is 10.2. The van der Waals surface area contributed by atoms with E-state index in [9.17, 15) is 0 Å². The molecular weight excluding hydrogens is 216 g/mol. The number of hydrogen-bond acceptors (Lipinski definition) is 2. The van der Waals surface area contributed by atoms with Crippen molar-refractivity contribution in [2.75, 3.05) is 6.54 Å². The van der Waals surface area contributed by atoms with Gasteiger partial charge in [-0.3, -0.25) is 0 Å². The number of nitrogens with zero attached hydrogens (tertiary/aromatic N) is 1. The lowest BCUT2D eigenvalue weighted by molar-refractivity contribution is 0.688. The first-order valence-electron chi connectivity index (χ1n) is 5.60. The van der Waals surface area contributed by atoms with Crippen LogP contribution in [-0.4, -0.2) is 11.1 Å². The number of rotatable bonds is 5. The second kappa shape index (κ2) is 5.32. The summed E-state index contributed by atoms with van der Waals surface area (Å²) in [4.78, 5) is 1.50. The molecule has 0 aliphatic carbocycles. The summed E-state index contributed by atoms with van der Waals surface area (Å²) >= 11 is 1.86. The molecule has 0 amide bonds. The molecule has 2 aromatic rings. The molecule has 0 bridgehead atoms. The van der Waals surface area contributed by atoms with Crippen molar-refractivity contribution in [2.45, 2.75) is 19.9 Å². The summed E-state index contributed by atoms with van der Waals surface area (Å²) in [5.41, 5.74) is 2.77. The molecule has 0 aromatic carbocycles. The SMILES string of the molecule is Cc1ccsc1CCNCc1ccn(C)c1. The van der Waals surface area contributed by atoms with Crippen LogP contribution in [0.4, 0.5) is 0 Å². The Bertz CT molecular complexity index is 442. The number of aromatic nitrogens is 1. The summed E-state index contributed by atoms with van der Waals surface area (Å²) in [6.07, 6.45) is 5.38. The van der Waals surface area contributed by atoms with Gasteiger partial charge >= 0.3 is 0 Å². The Balaban J connectivity index is 1.71. The van der Waals surface area contributed by atoms with E-state index in [1.807, 2.05) is 11.3 Å². The summed E-state index contributed by atoms with van der Waals surface area (Å²) in [6.45, 7) is 4.20. The Kier molecular flexibility index (Phi) is 3.80. The molecule has 1 N–H and O–H groups in total. The van der Waals surface area contributed by atoms with Gasteiger partial charge < -0.3 is 9.88 Å². The van der Waals surface area contributed by atoms with E-state index in [1.165, 1.54) is 16.0 Å². The molecule has 0 spiro atoms. The number of nitrogens with one attached hydrogen (secondary N) is 1. The van der Waals surface area contributed by atoms with Crippen LogP contribution in [0.25, 0.3) is 0 Å². The lowest BCUT2D eigenvalue weighted by Crippen LogP contribution is -2.16. The first-order chi connectivity index (χ1) is 7.75. The van der Waals surface area contributed by atoms with Gasteiger partial charge in [-0.25, -0.2) is 0 Å². The largest absolute Gasteiger partial charge is 0.357 e. The molecule has 2 rings (SSSR count). The summed E-state index contributed by atoms with van der Waals surface area (Å²) in [5.74, 6) is 0. The van der Waals surface area contributed by atoms with Crippen molar-refractivity contribution in [1.29, 1.82) is 0 Å². The Morgan fingerprint density at radius 2 is 2.25 bits per heavy atom. The molecule has 0 aliphatic heterocycles. The minimum atomic E-state index is 0.964. The first kappa shape index (κ1) is 11.4. The van der Waals surface area contributed by atoms with E-state index in [0.29, 0.717) is 0 Å². The van der Waals surface area contributed by atoms with Gasteiger partial charge in [0.15, 0.2) is 0 Å². The average Bonchev–Trinajstić information content (AvgIpc) is 2.83. The van der Waals surface area contributed by atoms with Gasteiger partial charge in [0.2, 0.25) is 0 Å². The van der Waals surface area contributed by atoms with Gasteiger partial charge in [0, 0.05) is 37.4 Å². The zero-order valence-corrected chi connectivity index (χ0v) is 10.7. The molecule has 0 unspecified atom stereocenters. The highest BCUT2D eigenvalue weighted by Crippen LogP contribution is 2.15. The van der Waals surface area contributed by atoms with E-state index in [-0.39, 0.29) is 0 Å². The average molecular weight is 234 g/mol. The maximum Gasteiger partial charge on any atom is 0.0220 e. The van der Waals surface area contributed by atoms with Crippen LogP contribution in [0.15, 0.2) is 29.9 Å². The van der Waals surface area contributed by atoms with Crippen molar-refractivity contribution in [3.8, 4) is 0 Å². The van der Waals surface area contributed by atoms with Gasteiger partial charge in [-0.05, 0) is 42.0 Å². The van der Waals surface area contributed by atoms with Crippen LogP contribution in [0.5, 0.6) is 0 Å². The quantitative estimate of drug-likeness (QED) is 0.787. The van der Waals surface area contributed by atoms with E-state index in [2.05, 4.69) is 53.8 Å².